The minimum atomic E-state index is -0.151. The first kappa shape index (κ1) is 16.1. The van der Waals surface area contributed by atoms with E-state index >= 15 is 0 Å². The van der Waals surface area contributed by atoms with Crippen LogP contribution in [-0.4, -0.2) is 5.91 Å². The number of carbonyl (C=O) groups excluding carboxylic acids is 1. The van der Waals surface area contributed by atoms with Crippen LogP contribution in [0.3, 0.4) is 0 Å². The van der Waals surface area contributed by atoms with Gasteiger partial charge >= 0.3 is 0 Å². The maximum absolute atomic E-state index is 11.0. The van der Waals surface area contributed by atoms with Gasteiger partial charge in [-0.25, -0.2) is 0 Å². The molecule has 0 radical (unpaired) electrons. The van der Waals surface area contributed by atoms with E-state index in [1.807, 2.05) is 24.3 Å². The van der Waals surface area contributed by atoms with Crippen molar-refractivity contribution < 1.29 is 4.79 Å². The van der Waals surface area contributed by atoms with E-state index in [1.165, 1.54) is 6.92 Å². The smallest absolute Gasteiger partial charge is 0.221 e. The summed E-state index contributed by atoms with van der Waals surface area (Å²) in [7, 11) is 0. The molecule has 3 nitrogen and oxygen atoms in total. The molecule has 0 heterocycles. The predicted molar refractivity (Wildman–Crippen MR) is 92.2 cm³/mol. The molecule has 0 aliphatic heterocycles. The van der Waals surface area contributed by atoms with Crippen LogP contribution in [-0.2, 0) is 11.3 Å². The average Bonchev–Trinajstić information content (AvgIpc) is 2.42. The van der Waals surface area contributed by atoms with Gasteiger partial charge < -0.3 is 10.6 Å². The third-order valence-electron chi connectivity index (χ3n) is 2.76. The molecule has 2 aromatic rings. The van der Waals surface area contributed by atoms with Crippen LogP contribution >= 0.6 is 39.1 Å². The Morgan fingerprint density at radius 3 is 2.52 bits per heavy atom. The first-order chi connectivity index (χ1) is 9.95. The molecule has 21 heavy (non-hydrogen) atoms. The molecule has 0 unspecified atom stereocenters. The minimum Gasteiger partial charge on any atom is -0.381 e. The molecule has 0 saturated carbocycles. The van der Waals surface area contributed by atoms with Crippen molar-refractivity contribution in [3.05, 3.63) is 56.5 Å². The van der Waals surface area contributed by atoms with Crippen LogP contribution in [0.25, 0.3) is 0 Å². The molecule has 6 heteroatoms. The van der Waals surface area contributed by atoms with Crippen LogP contribution in [0.1, 0.15) is 12.5 Å². The van der Waals surface area contributed by atoms with E-state index in [9.17, 15) is 4.79 Å². The summed E-state index contributed by atoms with van der Waals surface area (Å²) in [5, 5.41) is 7.09. The standard InChI is InChI=1S/C15H13BrCl2N2O/c1-9(21)20-15-5-3-11(7-14(15)18)19-8-10-2-4-12(16)13(17)6-10/h2-7,19H,8H2,1H3,(H,20,21). The summed E-state index contributed by atoms with van der Waals surface area (Å²) >= 11 is 15.5. The lowest BCUT2D eigenvalue weighted by atomic mass is 10.2. The van der Waals surface area contributed by atoms with Crippen LogP contribution < -0.4 is 10.6 Å². The van der Waals surface area contributed by atoms with E-state index in [4.69, 9.17) is 23.2 Å². The summed E-state index contributed by atoms with van der Waals surface area (Å²) in [6.45, 7) is 2.07. The van der Waals surface area contributed by atoms with Crippen LogP contribution in [0.2, 0.25) is 10.0 Å². The first-order valence-corrected chi connectivity index (χ1v) is 7.75. The summed E-state index contributed by atoms with van der Waals surface area (Å²) in [5.41, 5.74) is 2.53. The van der Waals surface area contributed by atoms with Gasteiger partial charge in [0.05, 0.1) is 15.7 Å². The molecule has 0 bridgehead atoms. The fourth-order valence-corrected chi connectivity index (χ4v) is 2.45. The number of anilines is 2. The average molecular weight is 388 g/mol. The fourth-order valence-electron chi connectivity index (χ4n) is 1.77. The zero-order chi connectivity index (χ0) is 15.4. The van der Waals surface area contributed by atoms with Gasteiger partial charge in [0.15, 0.2) is 0 Å². The Balaban J connectivity index is 2.04. The Morgan fingerprint density at radius 1 is 1.14 bits per heavy atom. The number of amides is 1. The van der Waals surface area contributed by atoms with Crippen LogP contribution in [0.5, 0.6) is 0 Å². The number of hydrogen-bond acceptors (Lipinski definition) is 2. The fraction of sp³-hybridized carbons (Fsp3) is 0.133. The second-order valence-corrected chi connectivity index (χ2v) is 6.15. The van der Waals surface area contributed by atoms with Gasteiger partial charge in [-0.3, -0.25) is 4.79 Å². The summed E-state index contributed by atoms with van der Waals surface area (Å²) in [6.07, 6.45) is 0. The van der Waals surface area contributed by atoms with Gasteiger partial charge in [0.1, 0.15) is 0 Å². The van der Waals surface area contributed by atoms with Gasteiger partial charge in [0, 0.05) is 23.6 Å². The summed E-state index contributed by atoms with van der Waals surface area (Å²) < 4.78 is 0.871. The normalized spacial score (nSPS) is 10.3. The monoisotopic (exact) mass is 386 g/mol. The van der Waals surface area contributed by atoms with E-state index < -0.39 is 0 Å². The van der Waals surface area contributed by atoms with Crippen molar-refractivity contribution in [2.24, 2.45) is 0 Å². The highest BCUT2D eigenvalue weighted by Crippen LogP contribution is 2.27. The lowest BCUT2D eigenvalue weighted by Crippen LogP contribution is -2.06. The Kier molecular flexibility index (Phi) is 5.51. The topological polar surface area (TPSA) is 41.1 Å². The summed E-state index contributed by atoms with van der Waals surface area (Å²) in [4.78, 5) is 11.0. The molecule has 0 aliphatic carbocycles. The molecular weight excluding hydrogens is 375 g/mol. The number of halogens is 3. The molecule has 0 saturated heterocycles. The molecule has 0 aromatic heterocycles. The Bertz CT molecular complexity index is 677. The molecule has 1 amide bonds. The molecule has 0 spiro atoms. The van der Waals surface area contributed by atoms with Crippen molar-refractivity contribution in [3.8, 4) is 0 Å². The molecule has 110 valence electrons. The van der Waals surface area contributed by atoms with E-state index in [2.05, 4.69) is 26.6 Å². The Labute approximate surface area is 141 Å². The van der Waals surface area contributed by atoms with Crippen molar-refractivity contribution in [1.29, 1.82) is 0 Å². The van der Waals surface area contributed by atoms with Gasteiger partial charge in [-0.1, -0.05) is 29.3 Å². The second kappa shape index (κ2) is 7.16. The number of benzene rings is 2. The largest absolute Gasteiger partial charge is 0.381 e. The van der Waals surface area contributed by atoms with Gasteiger partial charge in [0.2, 0.25) is 5.91 Å². The second-order valence-electron chi connectivity index (χ2n) is 4.48. The summed E-state index contributed by atoms with van der Waals surface area (Å²) in [5.74, 6) is -0.151. The number of hydrogen-bond donors (Lipinski definition) is 2. The van der Waals surface area contributed by atoms with E-state index in [0.29, 0.717) is 22.3 Å². The third kappa shape index (κ3) is 4.63. The minimum absolute atomic E-state index is 0.151. The first-order valence-electron chi connectivity index (χ1n) is 6.20. The van der Waals surface area contributed by atoms with E-state index in [-0.39, 0.29) is 5.91 Å². The van der Waals surface area contributed by atoms with Crippen LogP contribution in [0.15, 0.2) is 40.9 Å². The van der Waals surface area contributed by atoms with Crippen LogP contribution in [0, 0.1) is 0 Å². The lowest BCUT2D eigenvalue weighted by Gasteiger charge is -2.10. The summed E-state index contributed by atoms with van der Waals surface area (Å²) in [6, 6.07) is 11.2. The zero-order valence-electron chi connectivity index (χ0n) is 11.2. The highest BCUT2D eigenvalue weighted by molar-refractivity contribution is 9.10. The highest BCUT2D eigenvalue weighted by Gasteiger charge is 2.04. The van der Waals surface area contributed by atoms with Crippen molar-refractivity contribution >= 4 is 56.4 Å². The van der Waals surface area contributed by atoms with Gasteiger partial charge in [-0.2, -0.15) is 0 Å². The quantitative estimate of drug-likeness (QED) is 0.744. The van der Waals surface area contributed by atoms with Gasteiger partial charge in [-0.05, 0) is 51.8 Å². The SMILES string of the molecule is CC(=O)Nc1ccc(NCc2ccc(Br)c(Cl)c2)cc1Cl. The molecule has 0 fully saturated rings. The van der Waals surface area contributed by atoms with Crippen molar-refractivity contribution in [2.75, 3.05) is 10.6 Å². The Morgan fingerprint density at radius 2 is 1.90 bits per heavy atom. The van der Waals surface area contributed by atoms with E-state index in [1.54, 1.807) is 12.1 Å². The number of carbonyl (C=O) groups is 1. The Hall–Kier alpha value is -1.23. The molecule has 0 atom stereocenters. The highest BCUT2D eigenvalue weighted by atomic mass is 79.9. The van der Waals surface area contributed by atoms with Crippen molar-refractivity contribution in [1.82, 2.24) is 0 Å². The maximum Gasteiger partial charge on any atom is 0.221 e. The molecule has 2 rings (SSSR count). The van der Waals surface area contributed by atoms with Gasteiger partial charge in [0.25, 0.3) is 0 Å². The number of rotatable bonds is 4. The van der Waals surface area contributed by atoms with E-state index in [0.717, 1.165) is 15.7 Å². The van der Waals surface area contributed by atoms with Crippen molar-refractivity contribution in [2.45, 2.75) is 13.5 Å². The van der Waals surface area contributed by atoms with Crippen molar-refractivity contribution in [3.63, 3.8) is 0 Å². The zero-order valence-corrected chi connectivity index (χ0v) is 14.3. The maximum atomic E-state index is 11.0. The lowest BCUT2D eigenvalue weighted by molar-refractivity contribution is -0.114. The third-order valence-corrected chi connectivity index (χ3v) is 4.31. The predicted octanol–water partition coefficient (Wildman–Crippen LogP) is 5.33. The van der Waals surface area contributed by atoms with Crippen LogP contribution in [0.4, 0.5) is 11.4 Å². The molecule has 2 N–H and O–H groups in total. The molecule has 0 aliphatic rings. The van der Waals surface area contributed by atoms with Gasteiger partial charge in [-0.15, -0.1) is 0 Å². The number of nitrogens with one attached hydrogen (secondary N) is 2. The molecule has 2 aromatic carbocycles. The molecular formula is C15H13BrCl2N2O.